The molecule has 23 heavy (non-hydrogen) atoms. The molecule has 0 aliphatic carbocycles. The predicted octanol–water partition coefficient (Wildman–Crippen LogP) is 2.95. The summed E-state index contributed by atoms with van der Waals surface area (Å²) in [5.74, 6) is 0. The summed E-state index contributed by atoms with van der Waals surface area (Å²) in [7, 11) is 0. The Labute approximate surface area is 158 Å². The number of aromatic nitrogens is 1. The zero-order chi connectivity index (χ0) is 16.2. The van der Waals surface area contributed by atoms with E-state index in [1.807, 2.05) is 32.0 Å². The molecule has 2 heterocycles. The van der Waals surface area contributed by atoms with Crippen molar-refractivity contribution < 1.29 is 16.6 Å². The summed E-state index contributed by atoms with van der Waals surface area (Å²) in [4.78, 5) is 13.8. The van der Waals surface area contributed by atoms with Gasteiger partial charge in [-0.3, -0.25) is 9.98 Å². The van der Waals surface area contributed by atoms with Gasteiger partial charge in [-0.25, -0.2) is 4.98 Å². The molecule has 0 unspecified atom stereocenters. The molecule has 0 aromatic carbocycles. The molecule has 3 N–H and O–H groups in total. The Hall–Kier alpha value is -0.124. The number of hydrogen-bond donors (Lipinski definition) is 1. The first-order valence-electron chi connectivity index (χ1n) is 7.23. The maximum atomic E-state index is 4.65. The van der Waals surface area contributed by atoms with Crippen LogP contribution in [0.4, 0.5) is 0 Å². The summed E-state index contributed by atoms with van der Waals surface area (Å²) in [6, 6.07) is 6.06. The van der Waals surface area contributed by atoms with Crippen molar-refractivity contribution in [2.24, 2.45) is 9.98 Å². The second-order valence-corrected chi connectivity index (χ2v) is 10.1. The van der Waals surface area contributed by atoms with Gasteiger partial charge in [0.1, 0.15) is 0 Å². The van der Waals surface area contributed by atoms with Gasteiger partial charge in [0, 0.05) is 13.1 Å². The van der Waals surface area contributed by atoms with Crippen LogP contribution in [0.1, 0.15) is 38.1 Å². The molecule has 2 bridgehead atoms. The van der Waals surface area contributed by atoms with Crippen molar-refractivity contribution in [1.82, 2.24) is 10.3 Å². The molecule has 0 saturated heterocycles. The number of nitrogens with zero attached hydrogens (tertiary/aromatic N) is 3. The fraction of sp³-hybridized carbons (Fsp3) is 0.533. The molecule has 5 nitrogen and oxygen atoms in total. The third-order valence-corrected chi connectivity index (χ3v) is 3.21. The Balaban J connectivity index is 0.00000112. The summed E-state index contributed by atoms with van der Waals surface area (Å²) < 4.78 is 0. The van der Waals surface area contributed by atoms with Crippen LogP contribution in [0.25, 0.3) is 0 Å². The van der Waals surface area contributed by atoms with Crippen LogP contribution in [0, 0.1) is 0 Å². The molecule has 2 rings (SSSR count). The molecule has 0 amide bonds. The summed E-state index contributed by atoms with van der Waals surface area (Å²) in [5, 5.41) is 3.42. The van der Waals surface area contributed by atoms with Gasteiger partial charge in [0.25, 0.3) is 0 Å². The third-order valence-electron chi connectivity index (χ3n) is 3.21. The topological polar surface area (TPSA) is 81.1 Å². The number of fused-ring (bicyclic) bond motifs is 2. The van der Waals surface area contributed by atoms with Crippen LogP contribution in [0.5, 0.6) is 0 Å². The Morgan fingerprint density at radius 2 is 1.39 bits per heavy atom. The number of nitrogens with one attached hydrogen (secondary N) is 1. The van der Waals surface area contributed by atoms with E-state index in [0.717, 1.165) is 73.0 Å². The van der Waals surface area contributed by atoms with Gasteiger partial charge in [0.15, 0.2) is 0 Å². The average Bonchev–Trinajstić information content (AvgIpc) is 2.53. The van der Waals surface area contributed by atoms with Crippen LogP contribution in [0.2, 0.25) is 0 Å². The first kappa shape index (κ1) is 22.9. The van der Waals surface area contributed by atoms with Crippen molar-refractivity contribution in [3.63, 3.8) is 0 Å². The molecule has 1 aliphatic heterocycles. The Morgan fingerprint density at radius 3 is 1.83 bits per heavy atom. The van der Waals surface area contributed by atoms with E-state index in [9.17, 15) is 0 Å². The van der Waals surface area contributed by atoms with Crippen LogP contribution < -0.4 is 5.32 Å². The van der Waals surface area contributed by atoms with E-state index in [1.165, 1.54) is 0 Å². The van der Waals surface area contributed by atoms with Crippen LogP contribution in [0.3, 0.4) is 0 Å². The van der Waals surface area contributed by atoms with E-state index in [-0.39, 0.29) is 5.48 Å². The first-order valence-corrected chi connectivity index (χ1v) is 12.4. The van der Waals surface area contributed by atoms with Crippen LogP contribution in [-0.4, -0.2) is 48.1 Å². The zero-order valence-corrected chi connectivity index (χ0v) is 17.6. The summed E-state index contributed by atoms with van der Waals surface area (Å²) in [5.41, 5.74) is 3.92. The third kappa shape index (κ3) is 9.68. The van der Waals surface area contributed by atoms with Crippen LogP contribution >= 0.6 is 28.3 Å². The van der Waals surface area contributed by atoms with E-state index in [1.54, 1.807) is 0 Å². The van der Waals surface area contributed by atoms with Crippen LogP contribution in [0.15, 0.2) is 28.2 Å². The van der Waals surface area contributed by atoms with E-state index in [4.69, 9.17) is 0 Å². The van der Waals surface area contributed by atoms with Crippen molar-refractivity contribution in [1.29, 1.82) is 0 Å². The molecular weight excluding hydrogens is 471 g/mol. The van der Waals surface area contributed by atoms with E-state index < -0.39 is 0 Å². The zero-order valence-electron chi connectivity index (χ0n) is 13.4. The summed E-state index contributed by atoms with van der Waals surface area (Å²) in [6.45, 7) is 7.81. The molecule has 0 spiro atoms. The fourth-order valence-electron chi connectivity index (χ4n) is 2.03. The second kappa shape index (κ2) is 14.2. The normalized spacial score (nSPS) is 16.0. The summed E-state index contributed by atoms with van der Waals surface area (Å²) in [6.07, 6.45) is 2.14. The van der Waals surface area contributed by atoms with Gasteiger partial charge >= 0.3 is 39.5 Å². The SMILES string of the molecule is CC1=NCCCNCCCN=C(C)c2cccc1n2.O.[Br][Co][Br]. The number of hydrogen-bond acceptors (Lipinski definition) is 4. The molecule has 8 heteroatoms. The van der Waals surface area contributed by atoms with Crippen molar-refractivity contribution in [2.45, 2.75) is 26.7 Å². The molecule has 1 aromatic heterocycles. The Bertz CT molecular complexity index is 473. The fourth-order valence-corrected chi connectivity index (χ4v) is 2.03. The minimum atomic E-state index is 0. The molecule has 1 aromatic rings. The van der Waals surface area contributed by atoms with E-state index >= 15 is 0 Å². The molecule has 0 radical (unpaired) electrons. The minimum absolute atomic E-state index is 0. The van der Waals surface area contributed by atoms with Gasteiger partial charge in [-0.05, 0) is 51.9 Å². The summed E-state index contributed by atoms with van der Waals surface area (Å²) >= 11 is 7.12. The molecule has 0 saturated carbocycles. The molecule has 0 atom stereocenters. The van der Waals surface area contributed by atoms with Gasteiger partial charge in [-0.1, -0.05) is 6.07 Å². The predicted molar refractivity (Wildman–Crippen MR) is 102 cm³/mol. The number of pyridine rings is 1. The maximum absolute atomic E-state index is 4.65. The quantitative estimate of drug-likeness (QED) is 0.601. The van der Waals surface area contributed by atoms with E-state index in [0.29, 0.717) is 0 Å². The van der Waals surface area contributed by atoms with Crippen molar-refractivity contribution in [3.8, 4) is 0 Å². The van der Waals surface area contributed by atoms with Crippen LogP contribution in [-0.2, 0) is 11.1 Å². The van der Waals surface area contributed by atoms with Crippen molar-refractivity contribution >= 4 is 39.8 Å². The monoisotopic (exact) mass is 493 g/mol. The van der Waals surface area contributed by atoms with E-state index in [2.05, 4.69) is 48.6 Å². The van der Waals surface area contributed by atoms with Gasteiger partial charge in [-0.15, -0.1) is 0 Å². The average molecular weight is 495 g/mol. The second-order valence-electron chi connectivity index (χ2n) is 4.85. The van der Waals surface area contributed by atoms with Gasteiger partial charge in [0.05, 0.1) is 22.8 Å². The van der Waals surface area contributed by atoms with Gasteiger partial charge in [0.2, 0.25) is 0 Å². The number of halogens is 2. The standard InChI is InChI=1S/C15H22N4.2BrH.Co.H2O/c1-12-14-6-3-7-15(19-14)13(2)18-11-5-9-16-8-4-10-17-12;;;;/h3,6-7,16H,4-5,8-11H2,1-2H3;2*1H;;1H2/q;;;+2;/p-2. The van der Waals surface area contributed by atoms with Gasteiger partial charge < -0.3 is 10.8 Å². The van der Waals surface area contributed by atoms with Gasteiger partial charge in [-0.2, -0.15) is 0 Å². The molecule has 133 valence electrons. The Kier molecular flexibility index (Phi) is 14.2. The molecule has 0 fully saturated rings. The van der Waals surface area contributed by atoms with Crippen molar-refractivity contribution in [3.05, 3.63) is 29.6 Å². The Morgan fingerprint density at radius 1 is 0.957 bits per heavy atom. The van der Waals surface area contributed by atoms with Crippen molar-refractivity contribution in [2.75, 3.05) is 26.2 Å². The number of rotatable bonds is 0. The number of aliphatic imine (C=N–C) groups is 2. The molecule has 1 aliphatic rings. The first-order chi connectivity index (χ1) is 10.7. The molecular formula is C15H24Br2CoN4O.